The van der Waals surface area contributed by atoms with Crippen molar-refractivity contribution in [2.24, 2.45) is 0 Å². The van der Waals surface area contributed by atoms with Crippen molar-refractivity contribution in [2.45, 2.75) is 36.3 Å². The molecule has 0 aliphatic heterocycles. The molecule has 3 aromatic heterocycles. The predicted octanol–water partition coefficient (Wildman–Crippen LogP) is -0.898. The lowest BCUT2D eigenvalue weighted by Crippen LogP contribution is -2.62. The maximum atomic E-state index is 13.7. The highest BCUT2D eigenvalue weighted by Crippen LogP contribution is 2.35. The quantitative estimate of drug-likeness (QED) is 0.187. The standard InChI is InChI=1S/C18H14B4FN5O7/c1-4-16(31-3,18(21,22)35-14(29)32-5-9-8(2)33-15(30)34-9)6-17(19,20)28-7-25-10-11(24)26-13(23)27-12(10)28/h1,7H,5-6H2,2-3H3,(H2,24,26,27). The molecular weight excluding hydrogens is 460 g/mol. The second kappa shape index (κ2) is 9.18. The number of carbonyl (C=O) groups is 1. The van der Waals surface area contributed by atoms with Crippen LogP contribution in [0.4, 0.5) is 15.0 Å². The van der Waals surface area contributed by atoms with Crippen molar-refractivity contribution in [3.05, 3.63) is 34.5 Å². The topological polar surface area (TPSA) is 158 Å². The molecule has 2 N–H and O–H groups in total. The molecule has 0 spiro atoms. The number of anilines is 1. The van der Waals surface area contributed by atoms with Crippen molar-refractivity contribution >= 4 is 54.5 Å². The molecule has 3 rings (SSSR count). The fourth-order valence-electron chi connectivity index (χ4n) is 3.16. The number of aromatic nitrogens is 4. The molecule has 0 aliphatic rings. The molecule has 1 unspecified atom stereocenters. The first-order chi connectivity index (χ1) is 16.2. The maximum absolute atomic E-state index is 13.7. The van der Waals surface area contributed by atoms with Gasteiger partial charge in [0, 0.05) is 7.11 Å². The van der Waals surface area contributed by atoms with Gasteiger partial charge in [0.25, 0.3) is 0 Å². The lowest BCUT2D eigenvalue weighted by atomic mass is 9.48. The predicted molar refractivity (Wildman–Crippen MR) is 120 cm³/mol. The van der Waals surface area contributed by atoms with Gasteiger partial charge in [-0.2, -0.15) is 14.4 Å². The summed E-state index contributed by atoms with van der Waals surface area (Å²) in [6.07, 6.45) is 3.53. The summed E-state index contributed by atoms with van der Waals surface area (Å²) in [6.45, 7) is 0.861. The zero-order valence-corrected chi connectivity index (χ0v) is 18.5. The van der Waals surface area contributed by atoms with Gasteiger partial charge in [-0.05, 0) is 18.7 Å². The van der Waals surface area contributed by atoms with Crippen LogP contribution in [-0.2, 0) is 26.2 Å². The molecule has 12 nitrogen and oxygen atoms in total. The minimum atomic E-state index is -2.58. The molecule has 3 aromatic rings. The molecule has 3 heterocycles. The fraction of sp³-hybridized carbons (Fsp3) is 0.389. The third-order valence-corrected chi connectivity index (χ3v) is 5.00. The normalized spacial score (nSPS) is 13.8. The molecule has 0 amide bonds. The maximum Gasteiger partial charge on any atom is 0.519 e. The third kappa shape index (κ3) is 4.92. The largest absolute Gasteiger partial charge is 0.519 e. The minimum absolute atomic E-state index is 0.00294. The lowest BCUT2D eigenvalue weighted by molar-refractivity contribution is -0.0811. The summed E-state index contributed by atoms with van der Waals surface area (Å²) >= 11 is 0. The zero-order valence-electron chi connectivity index (χ0n) is 18.5. The number of nitrogen functional groups attached to an aromatic ring is 1. The Morgan fingerprint density at radius 1 is 1.31 bits per heavy atom. The Labute approximate surface area is 202 Å². The summed E-state index contributed by atoms with van der Waals surface area (Å²) in [7, 11) is 25.6. The first kappa shape index (κ1) is 26.0. The monoisotopic (exact) mass is 475 g/mol. The van der Waals surface area contributed by atoms with E-state index in [2.05, 4.69) is 25.3 Å². The number of rotatable bonds is 8. The summed E-state index contributed by atoms with van der Waals surface area (Å²) in [5.74, 6) is 0.923. The number of ether oxygens (including phenoxy) is 3. The van der Waals surface area contributed by atoms with Crippen LogP contribution in [0.2, 0.25) is 0 Å². The van der Waals surface area contributed by atoms with Crippen molar-refractivity contribution in [2.75, 3.05) is 12.8 Å². The lowest BCUT2D eigenvalue weighted by Gasteiger charge is -2.46. The van der Waals surface area contributed by atoms with Gasteiger partial charge in [-0.15, -0.1) is 6.42 Å². The Morgan fingerprint density at radius 3 is 2.57 bits per heavy atom. The fourth-order valence-corrected chi connectivity index (χ4v) is 3.16. The number of methoxy groups -OCH3 is 1. The van der Waals surface area contributed by atoms with Gasteiger partial charge in [-0.3, -0.25) is 0 Å². The van der Waals surface area contributed by atoms with Gasteiger partial charge in [-0.25, -0.2) is 14.6 Å². The molecular formula is C18H14B4FN5O7. The summed E-state index contributed by atoms with van der Waals surface area (Å²) in [5.41, 5.74) is 3.31. The van der Waals surface area contributed by atoms with Gasteiger partial charge >= 0.3 is 18.1 Å². The van der Waals surface area contributed by atoms with Crippen LogP contribution in [0.15, 0.2) is 20.0 Å². The van der Waals surface area contributed by atoms with Gasteiger partial charge in [-0.1, -0.05) is 5.92 Å². The second-order valence-electron chi connectivity index (χ2n) is 7.38. The van der Waals surface area contributed by atoms with Crippen LogP contribution >= 0.6 is 0 Å². The van der Waals surface area contributed by atoms with Gasteiger partial charge in [0.05, 0.1) is 27.4 Å². The molecule has 0 aromatic carbocycles. The van der Waals surface area contributed by atoms with E-state index in [4.69, 9.17) is 62.2 Å². The van der Waals surface area contributed by atoms with Gasteiger partial charge in [0.2, 0.25) is 0 Å². The number of nitrogens with zero attached hydrogens (tertiary/aromatic N) is 4. The summed E-state index contributed by atoms with van der Waals surface area (Å²) < 4.78 is 39.3. The van der Waals surface area contributed by atoms with Crippen LogP contribution in [0.5, 0.6) is 0 Å². The van der Waals surface area contributed by atoms with Gasteiger partial charge < -0.3 is 33.3 Å². The van der Waals surface area contributed by atoms with E-state index < -0.39 is 47.4 Å². The average molecular weight is 475 g/mol. The molecule has 8 radical (unpaired) electrons. The van der Waals surface area contributed by atoms with Gasteiger partial charge in [0.1, 0.15) is 21.2 Å². The molecule has 17 heteroatoms. The smallest absolute Gasteiger partial charge is 0.444 e. The van der Waals surface area contributed by atoms with E-state index in [-0.39, 0.29) is 28.5 Å². The van der Waals surface area contributed by atoms with E-state index in [1.54, 1.807) is 0 Å². The van der Waals surface area contributed by atoms with Crippen molar-refractivity contribution in [3.8, 4) is 12.3 Å². The Balaban J connectivity index is 1.86. The molecule has 0 saturated heterocycles. The van der Waals surface area contributed by atoms with Crippen molar-refractivity contribution < 1.29 is 32.2 Å². The average Bonchev–Trinajstić information content (AvgIpc) is 3.33. The highest BCUT2D eigenvalue weighted by Gasteiger charge is 2.50. The molecule has 0 aliphatic carbocycles. The third-order valence-electron chi connectivity index (χ3n) is 5.00. The van der Waals surface area contributed by atoms with E-state index in [1.165, 1.54) is 6.92 Å². The van der Waals surface area contributed by atoms with E-state index in [0.29, 0.717) is 0 Å². The molecule has 35 heavy (non-hydrogen) atoms. The number of terminal acetylenes is 1. The number of fused-ring (bicyclic) bond motifs is 1. The SMILES string of the molecule is [B]C([B])(CC(C#C)(OC)C([B])([B])OC(=O)OCc1oc(=O)oc1C)n1cnc2c(N)nc(F)nc21. The molecule has 1 atom stereocenters. The van der Waals surface area contributed by atoms with Crippen molar-refractivity contribution in [1.29, 1.82) is 0 Å². The Hall–Kier alpha value is -3.66. The first-order valence-corrected chi connectivity index (χ1v) is 9.55. The van der Waals surface area contributed by atoms with Crippen molar-refractivity contribution in [1.82, 2.24) is 19.5 Å². The summed E-state index contributed by atoms with van der Waals surface area (Å²) in [4.78, 5) is 34.3. The van der Waals surface area contributed by atoms with E-state index in [9.17, 15) is 14.0 Å². The highest BCUT2D eigenvalue weighted by molar-refractivity contribution is 6.41. The molecule has 0 bridgehead atoms. The molecule has 0 fully saturated rings. The van der Waals surface area contributed by atoms with E-state index in [1.807, 2.05) is 0 Å². The number of hydrogen-bond acceptors (Lipinski definition) is 11. The molecule has 172 valence electrons. The van der Waals surface area contributed by atoms with Crippen LogP contribution in [0.3, 0.4) is 0 Å². The number of imidazole rings is 1. The Morgan fingerprint density at radius 2 is 2.00 bits per heavy atom. The summed E-state index contributed by atoms with van der Waals surface area (Å²) in [6, 6.07) is 0. The van der Waals surface area contributed by atoms with Crippen molar-refractivity contribution in [3.63, 3.8) is 0 Å². The first-order valence-electron chi connectivity index (χ1n) is 9.55. The van der Waals surface area contributed by atoms with E-state index in [0.717, 1.165) is 18.0 Å². The van der Waals surface area contributed by atoms with Crippen LogP contribution in [-0.4, -0.2) is 75.2 Å². The molecule has 0 saturated carbocycles. The van der Waals surface area contributed by atoms with Crippen LogP contribution in [0.1, 0.15) is 17.9 Å². The zero-order chi connectivity index (χ0) is 26.2. The number of nitrogens with two attached hydrogens (primary N) is 1. The number of halogens is 1. The Kier molecular flexibility index (Phi) is 6.81. The Bertz CT molecular complexity index is 1370. The number of hydrogen-bond donors (Lipinski definition) is 1. The van der Waals surface area contributed by atoms with Crippen LogP contribution in [0, 0.1) is 25.3 Å². The minimum Gasteiger partial charge on any atom is -0.444 e. The summed E-state index contributed by atoms with van der Waals surface area (Å²) in [5, 5.41) is -4.63. The number of aryl methyl sites for hydroxylation is 1. The van der Waals surface area contributed by atoms with Crippen LogP contribution in [0.25, 0.3) is 11.2 Å². The van der Waals surface area contributed by atoms with E-state index >= 15 is 0 Å². The van der Waals surface area contributed by atoms with Crippen LogP contribution < -0.4 is 11.6 Å². The second-order valence-corrected chi connectivity index (χ2v) is 7.38. The highest BCUT2D eigenvalue weighted by atomic mass is 19.1. The number of carbonyl (C=O) groups excluding carboxylic acids is 1. The van der Waals surface area contributed by atoms with Gasteiger partial charge in [0.15, 0.2) is 35.2 Å².